The van der Waals surface area contributed by atoms with Crippen molar-refractivity contribution in [2.75, 3.05) is 34.4 Å². The molecule has 2 aliphatic rings. The number of rotatable bonds is 7. The number of benzene rings is 2. The van der Waals surface area contributed by atoms with E-state index < -0.39 is 0 Å². The number of fused-ring (bicyclic) bond motifs is 3. The fourth-order valence-electron chi connectivity index (χ4n) is 5.42. The predicted octanol–water partition coefficient (Wildman–Crippen LogP) is 5.16. The van der Waals surface area contributed by atoms with E-state index in [0.29, 0.717) is 12.0 Å². The Labute approximate surface area is 198 Å². The zero-order valence-corrected chi connectivity index (χ0v) is 20.5. The lowest BCUT2D eigenvalue weighted by Crippen LogP contribution is -2.51. The number of methoxy groups -OCH3 is 3. The lowest BCUT2D eigenvalue weighted by atomic mass is 9.75. The second kappa shape index (κ2) is 10.8. The molecule has 2 N–H and O–H groups in total. The highest BCUT2D eigenvalue weighted by Gasteiger charge is 2.41. The van der Waals surface area contributed by atoms with E-state index in [4.69, 9.17) is 19.9 Å². The van der Waals surface area contributed by atoms with Crippen molar-refractivity contribution in [1.29, 1.82) is 0 Å². The molecule has 0 saturated carbocycles. The van der Waals surface area contributed by atoms with Crippen LogP contribution in [0.5, 0.6) is 17.2 Å². The van der Waals surface area contributed by atoms with Gasteiger partial charge in [0.15, 0.2) is 11.5 Å². The van der Waals surface area contributed by atoms with Gasteiger partial charge in [0.25, 0.3) is 0 Å². The predicted molar refractivity (Wildman–Crippen MR) is 132 cm³/mol. The van der Waals surface area contributed by atoms with E-state index >= 15 is 0 Å². The zero-order valence-electron chi connectivity index (χ0n) is 19.7. The van der Waals surface area contributed by atoms with Crippen molar-refractivity contribution >= 4 is 12.4 Å². The average Bonchev–Trinajstić information content (AvgIpc) is 2.81. The molecule has 2 heterocycles. The van der Waals surface area contributed by atoms with Crippen LogP contribution in [-0.4, -0.2) is 45.4 Å². The summed E-state index contributed by atoms with van der Waals surface area (Å²) in [7, 11) is 5.12. The second-order valence-corrected chi connectivity index (χ2v) is 8.93. The summed E-state index contributed by atoms with van der Waals surface area (Å²) >= 11 is 0. The number of halogens is 1. The summed E-state index contributed by atoms with van der Waals surface area (Å²) in [5, 5.41) is 0. The number of hydrogen-bond acceptors (Lipinski definition) is 5. The fourth-order valence-corrected chi connectivity index (χ4v) is 5.42. The molecule has 0 aromatic heterocycles. The molecule has 0 aliphatic carbocycles. The first-order chi connectivity index (χ1) is 15.1. The molecule has 1 fully saturated rings. The maximum atomic E-state index is 6.69. The Morgan fingerprint density at radius 2 is 1.59 bits per heavy atom. The van der Waals surface area contributed by atoms with Gasteiger partial charge >= 0.3 is 0 Å². The largest absolute Gasteiger partial charge is 0.497 e. The molecule has 5 nitrogen and oxygen atoms in total. The van der Waals surface area contributed by atoms with E-state index in [0.717, 1.165) is 36.8 Å². The molecule has 0 amide bonds. The first-order valence-electron chi connectivity index (χ1n) is 11.5. The molecule has 4 rings (SSSR count). The molecule has 2 aromatic rings. The highest BCUT2D eigenvalue weighted by Crippen LogP contribution is 2.48. The van der Waals surface area contributed by atoms with Gasteiger partial charge in [0.1, 0.15) is 5.75 Å². The van der Waals surface area contributed by atoms with Gasteiger partial charge in [-0.25, -0.2) is 0 Å². The maximum Gasteiger partial charge on any atom is 0.161 e. The van der Waals surface area contributed by atoms with E-state index in [2.05, 4.69) is 48.2 Å². The van der Waals surface area contributed by atoms with Gasteiger partial charge in [-0.15, -0.1) is 12.4 Å². The number of hydrogen-bond donors (Lipinski definition) is 1. The average molecular weight is 461 g/mol. The third-order valence-electron chi connectivity index (χ3n) is 7.20. The van der Waals surface area contributed by atoms with E-state index in [-0.39, 0.29) is 24.4 Å². The molecule has 6 heteroatoms. The van der Waals surface area contributed by atoms with Crippen LogP contribution < -0.4 is 19.9 Å². The quantitative estimate of drug-likeness (QED) is 0.618. The minimum atomic E-state index is 0. The lowest BCUT2D eigenvalue weighted by molar-refractivity contribution is 0.0728. The smallest absolute Gasteiger partial charge is 0.161 e. The van der Waals surface area contributed by atoms with E-state index in [1.807, 2.05) is 0 Å². The Balaban J connectivity index is 0.00000289. The molecule has 0 bridgehead atoms. The summed E-state index contributed by atoms with van der Waals surface area (Å²) in [4.78, 5) is 2.66. The molecular formula is C26H37ClN2O3. The number of nitrogens with zero attached hydrogens (tertiary/aromatic N) is 1. The maximum absolute atomic E-state index is 6.69. The van der Waals surface area contributed by atoms with E-state index in [1.165, 1.54) is 36.0 Å². The molecule has 2 aromatic carbocycles. The van der Waals surface area contributed by atoms with Gasteiger partial charge in [0.2, 0.25) is 0 Å². The van der Waals surface area contributed by atoms with Crippen LogP contribution in [0.25, 0.3) is 0 Å². The van der Waals surface area contributed by atoms with Crippen molar-refractivity contribution in [3.8, 4) is 17.2 Å². The van der Waals surface area contributed by atoms with Crippen LogP contribution in [0, 0.1) is 5.92 Å². The van der Waals surface area contributed by atoms with Crippen LogP contribution in [0.15, 0.2) is 36.4 Å². The summed E-state index contributed by atoms with van der Waals surface area (Å²) in [5.41, 5.74) is 10.6. The van der Waals surface area contributed by atoms with Crippen molar-refractivity contribution in [1.82, 2.24) is 4.90 Å². The van der Waals surface area contributed by atoms with Crippen LogP contribution in [0.2, 0.25) is 0 Å². The van der Waals surface area contributed by atoms with Gasteiger partial charge in [-0.1, -0.05) is 31.9 Å². The monoisotopic (exact) mass is 460 g/mol. The minimum absolute atomic E-state index is 0. The topological polar surface area (TPSA) is 57.0 Å². The number of nitrogens with two attached hydrogens (primary N) is 1. The molecule has 176 valence electrons. The van der Waals surface area contributed by atoms with Gasteiger partial charge in [-0.05, 0) is 59.7 Å². The summed E-state index contributed by atoms with van der Waals surface area (Å²) in [6.45, 7) is 4.31. The molecule has 4 unspecified atom stereocenters. The van der Waals surface area contributed by atoms with Crippen molar-refractivity contribution < 1.29 is 14.2 Å². The van der Waals surface area contributed by atoms with Crippen LogP contribution in [0.3, 0.4) is 0 Å². The number of unbranched alkanes of at least 4 members (excludes halogenated alkanes) is 1. The Morgan fingerprint density at radius 1 is 0.938 bits per heavy atom. The molecule has 4 atom stereocenters. The highest BCUT2D eigenvalue weighted by atomic mass is 35.5. The minimum Gasteiger partial charge on any atom is -0.497 e. The van der Waals surface area contributed by atoms with Crippen molar-refractivity contribution in [3.63, 3.8) is 0 Å². The SMILES string of the molecule is CCCCC1CN2CC(c3ccc(OC)cc3)c3cc(OC)c(OC)cc3C2CC1N.Cl. The molecule has 32 heavy (non-hydrogen) atoms. The molecule has 1 saturated heterocycles. The van der Waals surface area contributed by atoms with Crippen LogP contribution in [-0.2, 0) is 0 Å². The van der Waals surface area contributed by atoms with Crippen molar-refractivity contribution in [3.05, 3.63) is 53.1 Å². The number of piperidine rings is 1. The first-order valence-corrected chi connectivity index (χ1v) is 11.5. The summed E-state index contributed by atoms with van der Waals surface area (Å²) in [6.07, 6.45) is 4.68. The molecular weight excluding hydrogens is 424 g/mol. The van der Waals surface area contributed by atoms with Gasteiger partial charge in [0.05, 0.1) is 21.3 Å². The Morgan fingerprint density at radius 3 is 2.19 bits per heavy atom. The summed E-state index contributed by atoms with van der Waals surface area (Å²) in [5.74, 6) is 3.30. The van der Waals surface area contributed by atoms with Crippen molar-refractivity contribution in [2.24, 2.45) is 11.7 Å². The van der Waals surface area contributed by atoms with Gasteiger partial charge in [0, 0.05) is 31.1 Å². The Bertz CT molecular complexity index is 889. The normalized spacial score (nSPS) is 24.7. The van der Waals surface area contributed by atoms with Crippen LogP contribution >= 0.6 is 12.4 Å². The fraction of sp³-hybridized carbons (Fsp3) is 0.538. The van der Waals surface area contributed by atoms with Crippen LogP contribution in [0.4, 0.5) is 0 Å². The Hall–Kier alpha value is -1.95. The summed E-state index contributed by atoms with van der Waals surface area (Å²) in [6, 6.07) is 13.4. The van der Waals surface area contributed by atoms with Gasteiger partial charge in [-0.3, -0.25) is 4.90 Å². The second-order valence-electron chi connectivity index (χ2n) is 8.93. The molecule has 2 aliphatic heterocycles. The lowest BCUT2D eigenvalue weighted by Gasteiger charge is -2.48. The van der Waals surface area contributed by atoms with Gasteiger partial charge in [-0.2, -0.15) is 0 Å². The van der Waals surface area contributed by atoms with Crippen molar-refractivity contribution in [2.45, 2.75) is 50.6 Å². The summed E-state index contributed by atoms with van der Waals surface area (Å²) < 4.78 is 16.7. The number of ether oxygens (including phenoxy) is 3. The standard InChI is InChI=1S/C26H36N2O3.ClH/c1-5-6-7-18-15-28-16-22(17-8-10-19(29-2)11-9-17)20-12-25(30-3)26(31-4)13-21(20)24(28)14-23(18)27;/h8-13,18,22-24H,5-7,14-16,27H2,1-4H3;1H. The van der Waals surface area contributed by atoms with E-state index in [1.54, 1.807) is 21.3 Å². The van der Waals surface area contributed by atoms with E-state index in [9.17, 15) is 0 Å². The Kier molecular flexibility index (Phi) is 8.32. The highest BCUT2D eigenvalue weighted by molar-refractivity contribution is 5.85. The van der Waals surface area contributed by atoms with Gasteiger partial charge < -0.3 is 19.9 Å². The molecule has 0 radical (unpaired) electrons. The zero-order chi connectivity index (χ0) is 22.0. The third kappa shape index (κ3) is 4.70. The first kappa shape index (κ1) is 24.7. The van der Waals surface area contributed by atoms with Crippen LogP contribution in [0.1, 0.15) is 61.3 Å². The molecule has 0 spiro atoms. The third-order valence-corrected chi connectivity index (χ3v) is 7.20.